The topological polar surface area (TPSA) is 92.8 Å². The van der Waals surface area contributed by atoms with Crippen molar-refractivity contribution in [3.63, 3.8) is 0 Å². The largest absolute Gasteiger partial charge is 0.502 e. The third-order valence-electron chi connectivity index (χ3n) is 4.32. The predicted octanol–water partition coefficient (Wildman–Crippen LogP) is 3.18. The molecule has 146 valence electrons. The second-order valence-corrected chi connectivity index (χ2v) is 7.65. The third kappa shape index (κ3) is 3.67. The van der Waals surface area contributed by atoms with Crippen LogP contribution in [0.4, 0.5) is 5.69 Å². The number of amides is 1. The van der Waals surface area contributed by atoms with Gasteiger partial charge in [-0.2, -0.15) is 0 Å². The molecule has 1 amide bonds. The molecule has 0 unspecified atom stereocenters. The van der Waals surface area contributed by atoms with Crippen molar-refractivity contribution in [2.75, 3.05) is 5.32 Å². The van der Waals surface area contributed by atoms with Crippen LogP contribution in [0.3, 0.4) is 0 Å². The van der Waals surface area contributed by atoms with E-state index in [0.717, 1.165) is 5.56 Å². The van der Waals surface area contributed by atoms with E-state index in [-0.39, 0.29) is 17.7 Å². The highest BCUT2D eigenvalue weighted by atomic mass is 35.5. The smallest absolute Gasteiger partial charge is 0.279 e. The first-order chi connectivity index (χ1) is 13.9. The fraction of sp³-hybridized carbons (Fsp3) is 0.0500. The van der Waals surface area contributed by atoms with Crippen molar-refractivity contribution >= 4 is 40.0 Å². The van der Waals surface area contributed by atoms with Crippen LogP contribution in [0.1, 0.15) is 15.2 Å². The molecule has 0 aliphatic rings. The van der Waals surface area contributed by atoms with E-state index in [9.17, 15) is 19.5 Å². The van der Waals surface area contributed by atoms with Gasteiger partial charge in [0.1, 0.15) is 5.69 Å². The Hall–Kier alpha value is -3.36. The number of nitrogens with zero attached hydrogens (tertiary/aromatic N) is 2. The molecule has 2 N–H and O–H groups in total. The molecule has 3 aromatic heterocycles. The average molecular weight is 428 g/mol. The summed E-state index contributed by atoms with van der Waals surface area (Å²) in [5, 5.41) is 15.1. The zero-order chi connectivity index (χ0) is 20.5. The molecule has 0 aliphatic heterocycles. The molecule has 3 heterocycles. The summed E-state index contributed by atoms with van der Waals surface area (Å²) in [6, 6.07) is 10.4. The van der Waals surface area contributed by atoms with Crippen LogP contribution in [-0.2, 0) is 6.54 Å². The Bertz CT molecular complexity index is 1340. The van der Waals surface area contributed by atoms with Crippen molar-refractivity contribution in [1.82, 2.24) is 8.97 Å². The SMILES string of the molecule is O=C(Nc1cn2ccn(Cc3cccc(Cl)c3)c(=O)c2c(O)c1=O)c1cccs1. The van der Waals surface area contributed by atoms with Crippen molar-refractivity contribution in [2.24, 2.45) is 0 Å². The van der Waals surface area contributed by atoms with Crippen molar-refractivity contribution in [3.05, 3.63) is 96.4 Å². The van der Waals surface area contributed by atoms with Gasteiger partial charge in [-0.25, -0.2) is 0 Å². The van der Waals surface area contributed by atoms with Gasteiger partial charge in [-0.1, -0.05) is 29.8 Å². The molecule has 0 aliphatic carbocycles. The highest BCUT2D eigenvalue weighted by Gasteiger charge is 2.17. The standard InChI is InChI=1S/C20H14ClN3O4S/c21-13-4-1-3-12(9-13)10-24-7-6-23-11-14(17(25)18(26)16(23)20(24)28)22-19(27)15-5-2-8-29-15/h1-9,11,26H,10H2,(H,22,27). The van der Waals surface area contributed by atoms with Gasteiger partial charge in [0.05, 0.1) is 11.4 Å². The van der Waals surface area contributed by atoms with E-state index in [2.05, 4.69) is 5.32 Å². The van der Waals surface area contributed by atoms with E-state index in [4.69, 9.17) is 11.6 Å². The summed E-state index contributed by atoms with van der Waals surface area (Å²) in [5.41, 5.74) is -0.865. The van der Waals surface area contributed by atoms with E-state index in [1.807, 2.05) is 6.07 Å². The molecule has 1 aromatic carbocycles. The maximum atomic E-state index is 12.8. The van der Waals surface area contributed by atoms with Crippen LogP contribution in [0.2, 0.25) is 5.02 Å². The van der Waals surface area contributed by atoms with E-state index in [1.54, 1.807) is 35.7 Å². The Morgan fingerprint density at radius 2 is 2.00 bits per heavy atom. The number of rotatable bonds is 4. The highest BCUT2D eigenvalue weighted by Crippen LogP contribution is 2.17. The molecule has 0 saturated carbocycles. The molecule has 0 fully saturated rings. The fourth-order valence-corrected chi connectivity index (χ4v) is 3.77. The van der Waals surface area contributed by atoms with Gasteiger partial charge >= 0.3 is 0 Å². The van der Waals surface area contributed by atoms with E-state index in [1.165, 1.54) is 38.9 Å². The predicted molar refractivity (Wildman–Crippen MR) is 112 cm³/mol. The Labute approximate surface area is 173 Å². The van der Waals surface area contributed by atoms with Gasteiger partial charge in [-0.15, -0.1) is 11.3 Å². The lowest BCUT2D eigenvalue weighted by Gasteiger charge is -2.11. The number of aromatic hydroxyl groups is 1. The summed E-state index contributed by atoms with van der Waals surface area (Å²) in [5.74, 6) is -1.19. The summed E-state index contributed by atoms with van der Waals surface area (Å²) in [4.78, 5) is 38.0. The quantitative estimate of drug-likeness (QED) is 0.523. The lowest BCUT2D eigenvalue weighted by molar-refractivity contribution is 0.103. The monoisotopic (exact) mass is 427 g/mol. The van der Waals surface area contributed by atoms with Gasteiger partial charge in [0.15, 0.2) is 11.3 Å². The van der Waals surface area contributed by atoms with Crippen molar-refractivity contribution in [2.45, 2.75) is 6.54 Å². The van der Waals surface area contributed by atoms with Crippen LogP contribution in [0.25, 0.3) is 5.52 Å². The van der Waals surface area contributed by atoms with Crippen LogP contribution in [0.15, 0.2) is 70.0 Å². The first-order valence-corrected chi connectivity index (χ1v) is 9.76. The first-order valence-electron chi connectivity index (χ1n) is 8.51. The van der Waals surface area contributed by atoms with Crippen LogP contribution in [0, 0.1) is 0 Å². The highest BCUT2D eigenvalue weighted by molar-refractivity contribution is 7.12. The minimum Gasteiger partial charge on any atom is -0.502 e. The zero-order valence-electron chi connectivity index (χ0n) is 14.8. The lowest BCUT2D eigenvalue weighted by atomic mass is 10.2. The fourth-order valence-electron chi connectivity index (χ4n) is 2.94. The van der Waals surface area contributed by atoms with Crippen molar-refractivity contribution < 1.29 is 9.90 Å². The van der Waals surface area contributed by atoms with Crippen LogP contribution >= 0.6 is 22.9 Å². The minimum absolute atomic E-state index is 0.120. The number of benzene rings is 1. The summed E-state index contributed by atoms with van der Waals surface area (Å²) in [6.45, 7) is 0.223. The number of halogens is 1. The number of carbonyl (C=O) groups is 1. The van der Waals surface area contributed by atoms with Crippen LogP contribution in [0.5, 0.6) is 5.75 Å². The molecular formula is C20H14ClN3O4S. The second kappa shape index (κ2) is 7.57. The molecule has 4 aromatic rings. The Morgan fingerprint density at radius 1 is 1.17 bits per heavy atom. The molecular weight excluding hydrogens is 414 g/mol. The molecule has 0 atom stereocenters. The number of anilines is 1. The number of pyridine rings is 1. The molecule has 0 bridgehead atoms. The number of hydrogen-bond donors (Lipinski definition) is 2. The molecule has 0 radical (unpaired) electrons. The van der Waals surface area contributed by atoms with Gasteiger partial charge in [-0.3, -0.25) is 14.4 Å². The van der Waals surface area contributed by atoms with Gasteiger partial charge in [0, 0.05) is 23.6 Å². The molecule has 7 nitrogen and oxygen atoms in total. The van der Waals surface area contributed by atoms with E-state index >= 15 is 0 Å². The molecule has 0 spiro atoms. The molecule has 9 heteroatoms. The van der Waals surface area contributed by atoms with Gasteiger partial charge in [0.2, 0.25) is 5.43 Å². The first kappa shape index (κ1) is 19.0. The van der Waals surface area contributed by atoms with Gasteiger partial charge in [-0.05, 0) is 29.1 Å². The maximum absolute atomic E-state index is 12.8. The summed E-state index contributed by atoms with van der Waals surface area (Å²) in [7, 11) is 0. The summed E-state index contributed by atoms with van der Waals surface area (Å²) < 4.78 is 2.68. The van der Waals surface area contributed by atoms with Gasteiger partial charge in [0.25, 0.3) is 11.5 Å². The number of nitrogens with one attached hydrogen (secondary N) is 1. The Kier molecular flexibility index (Phi) is 4.96. The number of carbonyl (C=O) groups excluding carboxylic acids is 1. The van der Waals surface area contributed by atoms with E-state index < -0.39 is 22.6 Å². The normalized spacial score (nSPS) is 10.9. The van der Waals surface area contributed by atoms with E-state index in [0.29, 0.717) is 9.90 Å². The number of thiophene rings is 1. The average Bonchev–Trinajstić information content (AvgIpc) is 3.23. The Morgan fingerprint density at radius 3 is 2.72 bits per heavy atom. The summed E-state index contributed by atoms with van der Waals surface area (Å²) >= 11 is 7.21. The summed E-state index contributed by atoms with van der Waals surface area (Å²) in [6.07, 6.45) is 4.38. The minimum atomic E-state index is -0.826. The van der Waals surface area contributed by atoms with Crippen molar-refractivity contribution in [3.8, 4) is 5.75 Å². The van der Waals surface area contributed by atoms with Crippen LogP contribution in [-0.4, -0.2) is 20.0 Å². The number of aromatic nitrogens is 2. The third-order valence-corrected chi connectivity index (χ3v) is 5.42. The molecule has 0 saturated heterocycles. The lowest BCUT2D eigenvalue weighted by Crippen LogP contribution is -2.26. The molecule has 4 rings (SSSR count). The second-order valence-electron chi connectivity index (χ2n) is 6.27. The van der Waals surface area contributed by atoms with Gasteiger partial charge < -0.3 is 19.4 Å². The Balaban J connectivity index is 1.75. The number of fused-ring (bicyclic) bond motifs is 1. The van der Waals surface area contributed by atoms with Crippen LogP contribution < -0.4 is 16.3 Å². The number of hydrogen-bond acceptors (Lipinski definition) is 5. The molecule has 29 heavy (non-hydrogen) atoms. The van der Waals surface area contributed by atoms with Crippen molar-refractivity contribution in [1.29, 1.82) is 0 Å². The zero-order valence-corrected chi connectivity index (χ0v) is 16.4. The maximum Gasteiger partial charge on any atom is 0.279 e.